The zero-order valence-corrected chi connectivity index (χ0v) is 11.0. The number of benzene rings is 1. The first kappa shape index (κ1) is 13.5. The Hall–Kier alpha value is -1.96. The third-order valence-corrected chi connectivity index (χ3v) is 3.28. The van der Waals surface area contributed by atoms with Crippen molar-refractivity contribution in [3.05, 3.63) is 30.1 Å². The number of aryl methyl sites for hydroxylation is 1. The molecule has 2 rings (SSSR count). The van der Waals surface area contributed by atoms with Gasteiger partial charge in [0.2, 0.25) is 11.1 Å². The Morgan fingerprint density at radius 2 is 2.16 bits per heavy atom. The topological polar surface area (TPSA) is 72.7 Å². The summed E-state index contributed by atoms with van der Waals surface area (Å²) in [7, 11) is 1.74. The zero-order valence-electron chi connectivity index (χ0n) is 10.2. The molecule has 2 aromatic rings. The Morgan fingerprint density at radius 1 is 1.42 bits per heavy atom. The fourth-order valence-corrected chi connectivity index (χ4v) is 2.12. The molecular weight excluding hydrogens is 269 g/mol. The van der Waals surface area contributed by atoms with Gasteiger partial charge in [-0.25, -0.2) is 9.07 Å². The van der Waals surface area contributed by atoms with Crippen LogP contribution in [0.5, 0.6) is 0 Å². The number of nitrogens with zero attached hydrogens (tertiary/aromatic N) is 4. The van der Waals surface area contributed by atoms with Crippen molar-refractivity contribution >= 4 is 23.4 Å². The van der Waals surface area contributed by atoms with E-state index in [1.54, 1.807) is 11.7 Å². The van der Waals surface area contributed by atoms with Crippen molar-refractivity contribution in [3.8, 4) is 0 Å². The quantitative estimate of drug-likeness (QED) is 0.840. The maximum Gasteiger partial charge on any atom is 0.225 e. The summed E-state index contributed by atoms with van der Waals surface area (Å²) < 4.78 is 14.2. The average molecular weight is 281 g/mol. The number of aromatic nitrogens is 4. The number of carbonyl (C=O) groups is 1. The second-order valence-corrected chi connectivity index (χ2v) is 4.80. The summed E-state index contributed by atoms with van der Waals surface area (Å²) in [6.07, 6.45) is 0.328. The lowest BCUT2D eigenvalue weighted by atomic mass is 10.3. The van der Waals surface area contributed by atoms with Gasteiger partial charge in [-0.15, -0.1) is 5.10 Å². The molecule has 0 aliphatic heterocycles. The highest BCUT2D eigenvalue weighted by atomic mass is 32.2. The van der Waals surface area contributed by atoms with Crippen LogP contribution in [0, 0.1) is 5.82 Å². The lowest BCUT2D eigenvalue weighted by Crippen LogP contribution is -2.12. The molecule has 100 valence electrons. The Kier molecular flexibility index (Phi) is 4.45. The Balaban J connectivity index is 1.76. The molecule has 0 aliphatic carbocycles. The summed E-state index contributed by atoms with van der Waals surface area (Å²) in [5.74, 6) is 0.110. The summed E-state index contributed by atoms with van der Waals surface area (Å²) in [6.45, 7) is 0. The van der Waals surface area contributed by atoms with Crippen molar-refractivity contribution < 1.29 is 9.18 Å². The molecule has 0 bridgehead atoms. The molecule has 0 saturated heterocycles. The first-order chi connectivity index (χ1) is 9.15. The monoisotopic (exact) mass is 281 g/mol. The van der Waals surface area contributed by atoms with E-state index in [0.717, 1.165) is 0 Å². The summed E-state index contributed by atoms with van der Waals surface area (Å²) in [5.41, 5.74) is 0.580. The minimum absolute atomic E-state index is 0.130. The molecule has 0 fully saturated rings. The highest BCUT2D eigenvalue weighted by Gasteiger charge is 2.06. The molecule has 0 aliphatic rings. The third kappa shape index (κ3) is 4.02. The van der Waals surface area contributed by atoms with Crippen LogP contribution < -0.4 is 5.32 Å². The van der Waals surface area contributed by atoms with E-state index in [-0.39, 0.29) is 11.7 Å². The van der Waals surface area contributed by atoms with Crippen LogP contribution in [-0.4, -0.2) is 31.9 Å². The van der Waals surface area contributed by atoms with Gasteiger partial charge in [0.25, 0.3) is 0 Å². The lowest BCUT2D eigenvalue weighted by molar-refractivity contribution is -0.115. The summed E-state index contributed by atoms with van der Waals surface area (Å²) in [6, 6.07) is 5.64. The Labute approximate surface area is 113 Å². The number of hydrogen-bond donors (Lipinski definition) is 1. The van der Waals surface area contributed by atoms with Gasteiger partial charge in [-0.3, -0.25) is 4.79 Å². The van der Waals surface area contributed by atoms with Crippen LogP contribution >= 0.6 is 11.8 Å². The number of amides is 1. The summed E-state index contributed by atoms with van der Waals surface area (Å²) >= 11 is 1.40. The fraction of sp³-hybridized carbons (Fsp3) is 0.273. The van der Waals surface area contributed by atoms with Crippen LogP contribution in [0.2, 0.25) is 0 Å². The van der Waals surface area contributed by atoms with E-state index in [1.165, 1.54) is 36.0 Å². The number of anilines is 1. The molecule has 1 heterocycles. The number of nitrogens with one attached hydrogen (secondary N) is 1. The predicted molar refractivity (Wildman–Crippen MR) is 69.2 cm³/mol. The van der Waals surface area contributed by atoms with Crippen LogP contribution in [0.15, 0.2) is 29.4 Å². The van der Waals surface area contributed by atoms with E-state index in [9.17, 15) is 9.18 Å². The van der Waals surface area contributed by atoms with Crippen molar-refractivity contribution in [3.63, 3.8) is 0 Å². The number of hydrogen-bond acceptors (Lipinski definition) is 5. The first-order valence-electron chi connectivity index (χ1n) is 5.56. The second-order valence-electron chi connectivity index (χ2n) is 3.74. The van der Waals surface area contributed by atoms with E-state index in [2.05, 4.69) is 20.8 Å². The van der Waals surface area contributed by atoms with Gasteiger partial charge >= 0.3 is 0 Å². The van der Waals surface area contributed by atoms with Crippen molar-refractivity contribution in [1.29, 1.82) is 0 Å². The summed E-state index contributed by atoms with van der Waals surface area (Å²) in [5, 5.41) is 14.3. The Morgan fingerprint density at radius 3 is 2.79 bits per heavy atom. The largest absolute Gasteiger partial charge is 0.326 e. The first-order valence-corrected chi connectivity index (χ1v) is 6.54. The second kappa shape index (κ2) is 6.28. The standard InChI is InChI=1S/C11H12FN5OS/c1-17-11(14-15-16-17)19-7-6-10(18)13-9-4-2-8(12)3-5-9/h2-5H,6-7H2,1H3,(H,13,18). The average Bonchev–Trinajstić information content (AvgIpc) is 2.78. The van der Waals surface area contributed by atoms with Gasteiger partial charge in [-0.1, -0.05) is 11.8 Å². The van der Waals surface area contributed by atoms with E-state index >= 15 is 0 Å². The van der Waals surface area contributed by atoms with Gasteiger partial charge in [-0.2, -0.15) is 0 Å². The number of thioether (sulfide) groups is 1. The van der Waals surface area contributed by atoms with Crippen molar-refractivity contribution in [2.75, 3.05) is 11.1 Å². The minimum atomic E-state index is -0.330. The van der Waals surface area contributed by atoms with Gasteiger partial charge in [-0.05, 0) is 34.7 Å². The number of halogens is 1. The third-order valence-electron chi connectivity index (χ3n) is 2.27. The molecule has 0 radical (unpaired) electrons. The van der Waals surface area contributed by atoms with Crippen LogP contribution in [-0.2, 0) is 11.8 Å². The molecule has 19 heavy (non-hydrogen) atoms. The van der Waals surface area contributed by atoms with Gasteiger partial charge in [0, 0.05) is 24.9 Å². The molecule has 1 amide bonds. The molecule has 0 unspecified atom stereocenters. The maximum absolute atomic E-state index is 12.7. The molecule has 0 spiro atoms. The molecular formula is C11H12FN5OS. The van der Waals surface area contributed by atoms with Gasteiger partial charge < -0.3 is 5.32 Å². The molecule has 1 aromatic carbocycles. The van der Waals surface area contributed by atoms with Crippen molar-refractivity contribution in [1.82, 2.24) is 20.2 Å². The highest BCUT2D eigenvalue weighted by Crippen LogP contribution is 2.14. The smallest absolute Gasteiger partial charge is 0.225 e. The molecule has 0 saturated carbocycles. The van der Waals surface area contributed by atoms with E-state index < -0.39 is 0 Å². The van der Waals surface area contributed by atoms with Crippen LogP contribution in [0.1, 0.15) is 6.42 Å². The molecule has 8 heteroatoms. The van der Waals surface area contributed by atoms with E-state index in [4.69, 9.17) is 0 Å². The molecule has 1 aromatic heterocycles. The van der Waals surface area contributed by atoms with Crippen LogP contribution in [0.3, 0.4) is 0 Å². The normalized spacial score (nSPS) is 10.4. The molecule has 6 nitrogen and oxygen atoms in total. The van der Waals surface area contributed by atoms with Gasteiger partial charge in [0.15, 0.2) is 0 Å². The van der Waals surface area contributed by atoms with Gasteiger partial charge in [0.1, 0.15) is 5.82 Å². The predicted octanol–water partition coefficient (Wildman–Crippen LogP) is 1.47. The number of tetrazole rings is 1. The lowest BCUT2D eigenvalue weighted by Gasteiger charge is -2.04. The fourth-order valence-electron chi connectivity index (χ4n) is 1.34. The SMILES string of the molecule is Cn1nnnc1SCCC(=O)Nc1ccc(F)cc1. The van der Waals surface area contributed by atoms with Crippen LogP contribution in [0.25, 0.3) is 0 Å². The van der Waals surface area contributed by atoms with Crippen molar-refractivity contribution in [2.24, 2.45) is 7.05 Å². The highest BCUT2D eigenvalue weighted by molar-refractivity contribution is 7.99. The maximum atomic E-state index is 12.7. The number of carbonyl (C=O) groups excluding carboxylic acids is 1. The zero-order chi connectivity index (χ0) is 13.7. The molecule has 1 N–H and O–H groups in total. The van der Waals surface area contributed by atoms with E-state index in [0.29, 0.717) is 23.0 Å². The van der Waals surface area contributed by atoms with E-state index in [1.807, 2.05) is 0 Å². The van der Waals surface area contributed by atoms with Gasteiger partial charge in [0.05, 0.1) is 0 Å². The summed E-state index contributed by atoms with van der Waals surface area (Å²) in [4.78, 5) is 11.6. The minimum Gasteiger partial charge on any atom is -0.326 e. The number of rotatable bonds is 5. The molecule has 0 atom stereocenters. The Bertz CT molecular complexity index is 556. The van der Waals surface area contributed by atoms with Crippen LogP contribution in [0.4, 0.5) is 10.1 Å². The van der Waals surface area contributed by atoms with Crippen molar-refractivity contribution in [2.45, 2.75) is 11.6 Å².